The van der Waals surface area contributed by atoms with E-state index in [0.29, 0.717) is 17.5 Å². The van der Waals surface area contributed by atoms with Crippen LogP contribution >= 0.6 is 0 Å². The van der Waals surface area contributed by atoms with Crippen LogP contribution in [0.5, 0.6) is 0 Å². The molecular formula is C57H34N4O. The zero-order valence-corrected chi connectivity index (χ0v) is 33.3. The zero-order valence-electron chi connectivity index (χ0n) is 33.3. The summed E-state index contributed by atoms with van der Waals surface area (Å²) in [6.45, 7) is 0. The molecule has 0 aliphatic heterocycles. The van der Waals surface area contributed by atoms with Crippen molar-refractivity contribution in [3.8, 4) is 51.0 Å². The predicted octanol–water partition coefficient (Wildman–Crippen LogP) is 15.0. The minimum Gasteiger partial charge on any atom is -0.456 e. The molecule has 0 aliphatic rings. The summed E-state index contributed by atoms with van der Waals surface area (Å²) in [5.41, 5.74) is 10.2. The second-order valence-corrected chi connectivity index (χ2v) is 16.0. The van der Waals surface area contributed by atoms with E-state index in [-0.39, 0.29) is 0 Å². The first-order valence-electron chi connectivity index (χ1n) is 20.9. The second-order valence-electron chi connectivity index (χ2n) is 16.0. The molecule has 3 heterocycles. The van der Waals surface area contributed by atoms with Gasteiger partial charge in [0.25, 0.3) is 0 Å². The summed E-state index contributed by atoms with van der Waals surface area (Å²) in [5.74, 6) is 1.86. The first-order chi connectivity index (χ1) is 30.7. The molecule has 0 saturated carbocycles. The highest BCUT2D eigenvalue weighted by Gasteiger charge is 2.19. The van der Waals surface area contributed by atoms with Gasteiger partial charge in [0.2, 0.25) is 0 Å². The molecule has 0 spiro atoms. The fraction of sp³-hybridized carbons (Fsp3) is 0. The molecule has 0 radical (unpaired) electrons. The molecule has 288 valence electrons. The smallest absolute Gasteiger partial charge is 0.164 e. The Balaban J connectivity index is 1.01. The van der Waals surface area contributed by atoms with Crippen LogP contribution in [0.1, 0.15) is 0 Å². The van der Waals surface area contributed by atoms with Crippen molar-refractivity contribution in [2.24, 2.45) is 0 Å². The molecule has 0 aliphatic carbocycles. The molecule has 0 bridgehead atoms. The van der Waals surface area contributed by atoms with Crippen molar-refractivity contribution >= 4 is 76.1 Å². The molecule has 10 aromatic carbocycles. The van der Waals surface area contributed by atoms with Gasteiger partial charge in [-0.05, 0) is 92.0 Å². The largest absolute Gasteiger partial charge is 0.456 e. The Kier molecular flexibility index (Phi) is 7.54. The molecule has 13 aromatic rings. The number of hydrogen-bond acceptors (Lipinski definition) is 4. The maximum atomic E-state index is 6.61. The summed E-state index contributed by atoms with van der Waals surface area (Å²) in [4.78, 5) is 15.3. The van der Waals surface area contributed by atoms with Crippen molar-refractivity contribution in [2.75, 3.05) is 0 Å². The van der Waals surface area contributed by atoms with E-state index in [9.17, 15) is 0 Å². The van der Waals surface area contributed by atoms with Gasteiger partial charge >= 0.3 is 0 Å². The molecule has 62 heavy (non-hydrogen) atoms. The van der Waals surface area contributed by atoms with E-state index in [1.807, 2.05) is 36.4 Å². The zero-order chi connectivity index (χ0) is 40.7. The lowest BCUT2D eigenvalue weighted by molar-refractivity contribution is 0.669. The van der Waals surface area contributed by atoms with Crippen molar-refractivity contribution < 1.29 is 4.42 Å². The molecule has 0 fully saturated rings. The number of rotatable bonds is 5. The Morgan fingerprint density at radius 1 is 0.306 bits per heavy atom. The molecular weight excluding hydrogens is 757 g/mol. The van der Waals surface area contributed by atoms with Crippen molar-refractivity contribution in [1.29, 1.82) is 0 Å². The van der Waals surface area contributed by atoms with Gasteiger partial charge in [-0.15, -0.1) is 0 Å². The van der Waals surface area contributed by atoms with E-state index in [1.165, 1.54) is 48.9 Å². The maximum absolute atomic E-state index is 6.61. The van der Waals surface area contributed by atoms with Crippen LogP contribution in [0, 0.1) is 0 Å². The van der Waals surface area contributed by atoms with Crippen molar-refractivity contribution in [3.05, 3.63) is 206 Å². The van der Waals surface area contributed by atoms with E-state index in [0.717, 1.165) is 60.7 Å². The van der Waals surface area contributed by atoms with Crippen molar-refractivity contribution in [2.45, 2.75) is 0 Å². The van der Waals surface area contributed by atoms with E-state index in [4.69, 9.17) is 19.4 Å². The van der Waals surface area contributed by atoms with Crippen LogP contribution in [0.2, 0.25) is 0 Å². The van der Waals surface area contributed by atoms with Crippen LogP contribution in [0.4, 0.5) is 0 Å². The molecule has 0 saturated heterocycles. The van der Waals surface area contributed by atoms with Gasteiger partial charge < -0.3 is 8.98 Å². The predicted molar refractivity (Wildman–Crippen MR) is 256 cm³/mol. The molecule has 13 rings (SSSR count). The molecule has 0 atom stereocenters. The van der Waals surface area contributed by atoms with E-state index in [2.05, 4.69) is 174 Å². The van der Waals surface area contributed by atoms with Gasteiger partial charge in [-0.2, -0.15) is 0 Å². The third-order valence-corrected chi connectivity index (χ3v) is 12.4. The minimum absolute atomic E-state index is 0.609. The monoisotopic (exact) mass is 790 g/mol. The van der Waals surface area contributed by atoms with Crippen LogP contribution < -0.4 is 0 Å². The molecule has 0 amide bonds. The molecule has 5 nitrogen and oxygen atoms in total. The maximum Gasteiger partial charge on any atom is 0.164 e. The lowest BCUT2D eigenvalue weighted by atomic mass is 10.0. The minimum atomic E-state index is 0.609. The van der Waals surface area contributed by atoms with Crippen LogP contribution in [0.15, 0.2) is 211 Å². The lowest BCUT2D eigenvalue weighted by Gasteiger charge is -2.10. The number of benzene rings is 10. The second kappa shape index (κ2) is 13.6. The number of furan rings is 1. The van der Waals surface area contributed by atoms with Crippen LogP contribution in [0.25, 0.3) is 127 Å². The average Bonchev–Trinajstić information content (AvgIpc) is 3.89. The highest BCUT2D eigenvalue weighted by molar-refractivity contribution is 6.24. The summed E-state index contributed by atoms with van der Waals surface area (Å²) >= 11 is 0. The van der Waals surface area contributed by atoms with Gasteiger partial charge in [0, 0.05) is 43.9 Å². The van der Waals surface area contributed by atoms with Crippen LogP contribution in [0.3, 0.4) is 0 Å². The SMILES string of the molecule is c1ccc(-c2ccc(-c3nc(-c4ccccc4)nc(-c4ccc5ccc6oc7ccc(-n8c9cc%10ccccc%10cc9c9c%10ccccc%10ccc98)cc7c6c5c4)n3)cc2)cc1. The van der Waals surface area contributed by atoms with Crippen molar-refractivity contribution in [1.82, 2.24) is 19.5 Å². The normalized spacial score (nSPS) is 11.9. The number of fused-ring (bicyclic) bond motifs is 11. The Morgan fingerprint density at radius 3 is 1.63 bits per heavy atom. The first-order valence-corrected chi connectivity index (χ1v) is 20.9. The van der Waals surface area contributed by atoms with Crippen molar-refractivity contribution in [3.63, 3.8) is 0 Å². The van der Waals surface area contributed by atoms with E-state index >= 15 is 0 Å². The quantitative estimate of drug-likeness (QED) is 0.174. The Labute approximate surface area is 355 Å². The van der Waals surface area contributed by atoms with Gasteiger partial charge in [0.1, 0.15) is 11.2 Å². The third-order valence-electron chi connectivity index (χ3n) is 12.4. The van der Waals surface area contributed by atoms with Gasteiger partial charge in [0.05, 0.1) is 11.0 Å². The topological polar surface area (TPSA) is 56.7 Å². The summed E-state index contributed by atoms with van der Waals surface area (Å²) in [6.07, 6.45) is 0. The summed E-state index contributed by atoms with van der Waals surface area (Å²) in [6, 6.07) is 72.8. The summed E-state index contributed by atoms with van der Waals surface area (Å²) in [7, 11) is 0. The first kappa shape index (κ1) is 34.5. The third kappa shape index (κ3) is 5.45. The highest BCUT2D eigenvalue weighted by Crippen LogP contribution is 2.42. The summed E-state index contributed by atoms with van der Waals surface area (Å²) < 4.78 is 9.03. The number of hydrogen-bond donors (Lipinski definition) is 0. The van der Waals surface area contributed by atoms with Crippen LogP contribution in [-0.2, 0) is 0 Å². The number of aromatic nitrogens is 4. The highest BCUT2D eigenvalue weighted by atomic mass is 16.3. The van der Waals surface area contributed by atoms with Gasteiger partial charge in [-0.1, -0.05) is 158 Å². The molecule has 0 N–H and O–H groups in total. The van der Waals surface area contributed by atoms with E-state index in [1.54, 1.807) is 0 Å². The molecule has 0 unspecified atom stereocenters. The Hall–Kier alpha value is -8.41. The average molecular weight is 791 g/mol. The molecule has 5 heteroatoms. The van der Waals surface area contributed by atoms with Gasteiger partial charge in [0.15, 0.2) is 17.5 Å². The van der Waals surface area contributed by atoms with Gasteiger partial charge in [-0.3, -0.25) is 0 Å². The molecule has 3 aromatic heterocycles. The fourth-order valence-electron chi connectivity index (χ4n) is 9.41. The fourth-order valence-corrected chi connectivity index (χ4v) is 9.41. The Morgan fingerprint density at radius 2 is 0.855 bits per heavy atom. The number of nitrogens with zero attached hydrogens (tertiary/aromatic N) is 4. The Bertz CT molecular complexity index is 3910. The lowest BCUT2D eigenvalue weighted by Crippen LogP contribution is -2.00. The van der Waals surface area contributed by atoms with E-state index < -0.39 is 0 Å². The summed E-state index contributed by atoms with van der Waals surface area (Å²) in [5, 5.41) is 11.7. The van der Waals surface area contributed by atoms with Crippen LogP contribution in [-0.4, -0.2) is 19.5 Å². The standard InChI is InChI=1S/C57H34N4O/c1-3-11-35(12-4-1)36-19-22-40(23-20-36)56-58-55(39-14-5-2-6-15-39)59-57(60-56)43-24-21-38-26-29-52-54(46(38)32-43)48-34-44(27-30-51(48)62-52)61-49-28-25-37-13-9-10-18-45(37)53(49)47-31-41-16-7-8-17-42(41)33-50(47)61/h1-34H. The van der Waals surface area contributed by atoms with Gasteiger partial charge in [-0.25, -0.2) is 15.0 Å².